The van der Waals surface area contributed by atoms with Crippen molar-refractivity contribution in [1.82, 2.24) is 9.78 Å². The van der Waals surface area contributed by atoms with Crippen LogP contribution in [-0.4, -0.2) is 42.0 Å². The number of ether oxygens (including phenoxy) is 3. The Hall–Kier alpha value is -3.81. The lowest BCUT2D eigenvalue weighted by Crippen LogP contribution is -2.14. The number of rotatable bonds is 10. The van der Waals surface area contributed by atoms with E-state index in [1.165, 1.54) is 7.11 Å². The van der Waals surface area contributed by atoms with Crippen LogP contribution >= 0.6 is 0 Å². The van der Waals surface area contributed by atoms with E-state index >= 15 is 0 Å². The Labute approximate surface area is 187 Å². The van der Waals surface area contributed by atoms with E-state index in [0.29, 0.717) is 42.5 Å². The van der Waals surface area contributed by atoms with E-state index in [1.54, 1.807) is 29.2 Å². The smallest absolute Gasteiger partial charge is 0.338 e. The summed E-state index contributed by atoms with van der Waals surface area (Å²) in [6.07, 6.45) is 3.47. The summed E-state index contributed by atoms with van der Waals surface area (Å²) in [6, 6.07) is 12.7. The maximum Gasteiger partial charge on any atom is 0.338 e. The fourth-order valence-corrected chi connectivity index (χ4v) is 3.25. The molecule has 0 bridgehead atoms. The van der Waals surface area contributed by atoms with Crippen LogP contribution in [0.5, 0.6) is 11.5 Å². The van der Waals surface area contributed by atoms with E-state index < -0.39 is 5.97 Å². The highest BCUT2D eigenvalue weighted by molar-refractivity contribution is 5.92. The van der Waals surface area contributed by atoms with Gasteiger partial charge in [0.1, 0.15) is 0 Å². The summed E-state index contributed by atoms with van der Waals surface area (Å²) in [5.41, 5.74) is 2.64. The maximum absolute atomic E-state index is 12.5. The van der Waals surface area contributed by atoms with Crippen molar-refractivity contribution in [3.63, 3.8) is 0 Å². The summed E-state index contributed by atoms with van der Waals surface area (Å²) >= 11 is 0. The number of carbonyl (C=O) groups excluding carboxylic acids is 2. The average molecular weight is 437 g/mol. The molecule has 8 heteroatoms. The molecule has 0 saturated carbocycles. The van der Waals surface area contributed by atoms with E-state index in [4.69, 9.17) is 14.2 Å². The van der Waals surface area contributed by atoms with Crippen molar-refractivity contribution in [3.05, 3.63) is 71.5 Å². The van der Waals surface area contributed by atoms with E-state index in [0.717, 1.165) is 11.1 Å². The van der Waals surface area contributed by atoms with Crippen molar-refractivity contribution in [3.8, 4) is 11.5 Å². The molecule has 1 aromatic heterocycles. The molecule has 1 N–H and O–H groups in total. The minimum atomic E-state index is -0.400. The largest absolute Gasteiger partial charge is 0.490 e. The minimum absolute atomic E-state index is 0.175. The van der Waals surface area contributed by atoms with Gasteiger partial charge in [-0.15, -0.1) is 0 Å². The Morgan fingerprint density at radius 1 is 1.03 bits per heavy atom. The Morgan fingerprint density at radius 3 is 2.53 bits per heavy atom. The van der Waals surface area contributed by atoms with Crippen molar-refractivity contribution in [2.75, 3.05) is 25.6 Å². The maximum atomic E-state index is 12.5. The minimum Gasteiger partial charge on any atom is -0.490 e. The van der Waals surface area contributed by atoms with Gasteiger partial charge in [-0.25, -0.2) is 4.79 Å². The first kappa shape index (κ1) is 22.9. The van der Waals surface area contributed by atoms with Crippen LogP contribution < -0.4 is 14.8 Å². The van der Waals surface area contributed by atoms with Crippen LogP contribution in [-0.2, 0) is 22.5 Å². The number of carbonyl (C=O) groups is 2. The standard InChI is InChI=1S/C24H27N3O5/c1-4-31-21-11-10-17(12-22(21)32-5-2)13-23(28)26-19-14-25-27(16-19)15-18-8-6-7-9-20(18)24(29)30-3/h6-12,14,16H,4-5,13,15H2,1-3H3,(H,26,28). The molecule has 2 aromatic carbocycles. The number of anilines is 1. The van der Waals surface area contributed by atoms with E-state index in [2.05, 4.69) is 10.4 Å². The van der Waals surface area contributed by atoms with Crippen molar-refractivity contribution in [2.24, 2.45) is 0 Å². The summed E-state index contributed by atoms with van der Waals surface area (Å²) in [4.78, 5) is 24.5. The molecule has 0 unspecified atom stereocenters. The van der Waals surface area contributed by atoms with Gasteiger partial charge in [0.15, 0.2) is 11.5 Å². The second-order valence-electron chi connectivity index (χ2n) is 6.95. The number of methoxy groups -OCH3 is 1. The van der Waals surface area contributed by atoms with Crippen LogP contribution in [0.4, 0.5) is 5.69 Å². The van der Waals surface area contributed by atoms with Gasteiger partial charge in [0.25, 0.3) is 0 Å². The summed E-state index contributed by atoms with van der Waals surface area (Å²) < 4.78 is 17.7. The summed E-state index contributed by atoms with van der Waals surface area (Å²) in [5.74, 6) is 0.706. The molecule has 0 saturated heterocycles. The Morgan fingerprint density at radius 2 is 1.78 bits per heavy atom. The highest BCUT2D eigenvalue weighted by atomic mass is 16.5. The molecule has 0 atom stereocenters. The second-order valence-corrected chi connectivity index (χ2v) is 6.95. The van der Waals surface area contributed by atoms with Gasteiger partial charge >= 0.3 is 5.97 Å². The number of amides is 1. The number of benzene rings is 2. The van der Waals surface area contributed by atoms with E-state index in [-0.39, 0.29) is 12.3 Å². The SMILES string of the molecule is CCOc1ccc(CC(=O)Nc2cnn(Cc3ccccc3C(=O)OC)c2)cc1OCC. The van der Waals surface area contributed by atoms with Crippen LogP contribution in [0.3, 0.4) is 0 Å². The summed E-state index contributed by atoms with van der Waals surface area (Å²) in [6.45, 7) is 5.22. The molecule has 0 fully saturated rings. The van der Waals surface area contributed by atoms with Crippen LogP contribution in [0.2, 0.25) is 0 Å². The van der Waals surface area contributed by atoms with Gasteiger partial charge in [0.2, 0.25) is 5.91 Å². The third-order valence-corrected chi connectivity index (χ3v) is 4.64. The number of nitrogens with zero attached hydrogens (tertiary/aromatic N) is 2. The predicted octanol–water partition coefficient (Wildman–Crippen LogP) is 3.70. The first-order chi connectivity index (χ1) is 15.5. The van der Waals surface area contributed by atoms with Crippen molar-refractivity contribution >= 4 is 17.6 Å². The fourth-order valence-electron chi connectivity index (χ4n) is 3.25. The quantitative estimate of drug-likeness (QED) is 0.487. The molecule has 0 radical (unpaired) electrons. The molecule has 3 rings (SSSR count). The molecule has 0 aliphatic heterocycles. The van der Waals surface area contributed by atoms with Gasteiger partial charge in [0, 0.05) is 6.20 Å². The molecule has 168 valence electrons. The Bertz CT molecular complexity index is 1080. The van der Waals surface area contributed by atoms with Gasteiger partial charge in [-0.2, -0.15) is 5.10 Å². The second kappa shape index (κ2) is 11.0. The normalized spacial score (nSPS) is 10.5. The van der Waals surface area contributed by atoms with Gasteiger partial charge in [-0.1, -0.05) is 24.3 Å². The molecule has 8 nitrogen and oxygen atoms in total. The molecular weight excluding hydrogens is 410 g/mol. The number of nitrogens with one attached hydrogen (secondary N) is 1. The van der Waals surface area contributed by atoms with Crippen LogP contribution in [0.25, 0.3) is 0 Å². The first-order valence-corrected chi connectivity index (χ1v) is 10.4. The Kier molecular flexibility index (Phi) is 7.85. The number of esters is 1. The molecule has 3 aromatic rings. The average Bonchev–Trinajstić information content (AvgIpc) is 3.22. The lowest BCUT2D eigenvalue weighted by atomic mass is 10.1. The third kappa shape index (κ3) is 5.87. The predicted molar refractivity (Wildman–Crippen MR) is 120 cm³/mol. The van der Waals surface area contributed by atoms with Crippen molar-refractivity contribution in [2.45, 2.75) is 26.8 Å². The molecule has 1 heterocycles. The van der Waals surface area contributed by atoms with Gasteiger partial charge in [-0.3, -0.25) is 9.48 Å². The monoisotopic (exact) mass is 437 g/mol. The highest BCUT2D eigenvalue weighted by Gasteiger charge is 2.13. The number of aromatic nitrogens is 2. The topological polar surface area (TPSA) is 91.7 Å². The van der Waals surface area contributed by atoms with Crippen LogP contribution in [0.1, 0.15) is 35.3 Å². The molecule has 1 amide bonds. The summed E-state index contributed by atoms with van der Waals surface area (Å²) in [5, 5.41) is 7.13. The molecule has 32 heavy (non-hydrogen) atoms. The lowest BCUT2D eigenvalue weighted by Gasteiger charge is -2.12. The fraction of sp³-hybridized carbons (Fsp3) is 0.292. The third-order valence-electron chi connectivity index (χ3n) is 4.64. The number of hydrogen-bond donors (Lipinski definition) is 1. The van der Waals surface area contributed by atoms with E-state index in [1.807, 2.05) is 44.2 Å². The van der Waals surface area contributed by atoms with Crippen molar-refractivity contribution in [1.29, 1.82) is 0 Å². The van der Waals surface area contributed by atoms with Gasteiger partial charge < -0.3 is 19.5 Å². The molecule has 0 aliphatic carbocycles. The van der Waals surface area contributed by atoms with E-state index in [9.17, 15) is 9.59 Å². The van der Waals surface area contributed by atoms with Crippen LogP contribution in [0, 0.1) is 0 Å². The Balaban J connectivity index is 1.64. The summed E-state index contributed by atoms with van der Waals surface area (Å²) in [7, 11) is 1.35. The lowest BCUT2D eigenvalue weighted by molar-refractivity contribution is -0.115. The molecular formula is C24H27N3O5. The number of hydrogen-bond acceptors (Lipinski definition) is 6. The zero-order valence-electron chi connectivity index (χ0n) is 18.5. The highest BCUT2D eigenvalue weighted by Crippen LogP contribution is 2.28. The zero-order valence-corrected chi connectivity index (χ0v) is 18.5. The van der Waals surface area contributed by atoms with Gasteiger partial charge in [-0.05, 0) is 43.2 Å². The van der Waals surface area contributed by atoms with Crippen molar-refractivity contribution < 1.29 is 23.8 Å². The van der Waals surface area contributed by atoms with Crippen LogP contribution in [0.15, 0.2) is 54.9 Å². The zero-order chi connectivity index (χ0) is 22.9. The molecule has 0 aliphatic rings. The first-order valence-electron chi connectivity index (χ1n) is 10.4. The molecule has 0 spiro atoms. The van der Waals surface area contributed by atoms with Gasteiger partial charge in [0.05, 0.1) is 50.7 Å².